The van der Waals surface area contributed by atoms with Crippen molar-refractivity contribution in [3.8, 4) is 0 Å². The number of carbonyl (C=O) groups excluding carboxylic acids is 1. The Labute approximate surface area is 210 Å². The van der Waals surface area contributed by atoms with Crippen LogP contribution in [0.4, 0.5) is 37.7 Å². The van der Waals surface area contributed by atoms with Gasteiger partial charge in [0.15, 0.2) is 15.5 Å². The SMILES string of the molecule is CCS(=O)(=O)c1cc2c(nc1C(=O)Nc1cc(C(F)(F)F)n(C3CC3)c(=O)c1NC)nc(C(F)(F)F)n2C. The summed E-state index contributed by atoms with van der Waals surface area (Å²) in [6, 6.07) is 0.649. The molecule has 17 heteroatoms. The summed E-state index contributed by atoms with van der Waals surface area (Å²) in [7, 11) is -2.06. The second-order valence-corrected chi connectivity index (χ2v) is 10.7. The number of hydrogen-bond acceptors (Lipinski definition) is 7. The molecule has 3 aromatic heterocycles. The molecule has 2 N–H and O–H groups in total. The van der Waals surface area contributed by atoms with E-state index in [9.17, 15) is 44.3 Å². The maximum atomic E-state index is 13.8. The molecule has 0 spiro atoms. The van der Waals surface area contributed by atoms with Crippen molar-refractivity contribution in [3.63, 3.8) is 0 Å². The van der Waals surface area contributed by atoms with Gasteiger partial charge in [-0.1, -0.05) is 6.92 Å². The molecule has 1 fully saturated rings. The van der Waals surface area contributed by atoms with Gasteiger partial charge in [0.2, 0.25) is 5.82 Å². The highest BCUT2D eigenvalue weighted by Gasteiger charge is 2.41. The van der Waals surface area contributed by atoms with E-state index < -0.39 is 84.6 Å². The van der Waals surface area contributed by atoms with Crippen molar-refractivity contribution in [1.29, 1.82) is 0 Å². The Kier molecular flexibility index (Phi) is 6.48. The molecule has 1 saturated carbocycles. The number of rotatable bonds is 6. The third-order valence-corrected chi connectivity index (χ3v) is 7.71. The number of fused-ring (bicyclic) bond motifs is 1. The predicted molar refractivity (Wildman–Crippen MR) is 123 cm³/mol. The smallest absolute Gasteiger partial charge is 0.382 e. The number of nitrogens with zero attached hydrogens (tertiary/aromatic N) is 4. The number of nitrogens with one attached hydrogen (secondary N) is 2. The van der Waals surface area contributed by atoms with E-state index in [0.29, 0.717) is 28.0 Å². The molecule has 1 aliphatic rings. The van der Waals surface area contributed by atoms with Crippen LogP contribution in [0.25, 0.3) is 11.2 Å². The molecule has 0 bridgehead atoms. The molecular weight excluding hydrogens is 546 g/mol. The molecule has 38 heavy (non-hydrogen) atoms. The summed E-state index contributed by atoms with van der Waals surface area (Å²) in [6.45, 7) is 1.22. The van der Waals surface area contributed by atoms with Crippen molar-refractivity contribution < 1.29 is 39.6 Å². The van der Waals surface area contributed by atoms with Gasteiger partial charge in [-0.2, -0.15) is 26.3 Å². The summed E-state index contributed by atoms with van der Waals surface area (Å²) in [4.78, 5) is 32.4. The van der Waals surface area contributed by atoms with Crippen molar-refractivity contribution in [2.45, 2.75) is 43.1 Å². The fourth-order valence-corrected chi connectivity index (χ4v) is 5.00. The number of hydrogen-bond donors (Lipinski definition) is 2. The van der Waals surface area contributed by atoms with E-state index in [1.807, 2.05) is 0 Å². The molecule has 4 rings (SSSR count). The second kappa shape index (κ2) is 8.99. The fraction of sp³-hybridized carbons (Fsp3) is 0.429. The number of anilines is 2. The molecule has 206 valence electrons. The Morgan fingerprint density at radius 3 is 2.24 bits per heavy atom. The van der Waals surface area contributed by atoms with Gasteiger partial charge in [-0.05, 0) is 25.0 Å². The zero-order chi connectivity index (χ0) is 28.4. The lowest BCUT2D eigenvalue weighted by molar-refractivity contribution is -0.146. The predicted octanol–water partition coefficient (Wildman–Crippen LogP) is 3.59. The van der Waals surface area contributed by atoms with Crippen molar-refractivity contribution in [2.24, 2.45) is 7.05 Å². The zero-order valence-corrected chi connectivity index (χ0v) is 20.8. The van der Waals surface area contributed by atoms with E-state index in [1.54, 1.807) is 0 Å². The summed E-state index contributed by atoms with van der Waals surface area (Å²) in [5.41, 5.74) is -5.28. The number of aryl methyl sites for hydroxylation is 1. The topological polar surface area (TPSA) is 128 Å². The highest BCUT2D eigenvalue weighted by molar-refractivity contribution is 7.91. The van der Waals surface area contributed by atoms with Crippen LogP contribution in [-0.2, 0) is 29.2 Å². The Morgan fingerprint density at radius 2 is 1.74 bits per heavy atom. The normalized spacial score (nSPS) is 14.7. The van der Waals surface area contributed by atoms with Crippen LogP contribution in [-0.4, -0.2) is 46.2 Å². The van der Waals surface area contributed by atoms with Crippen LogP contribution in [0.15, 0.2) is 21.8 Å². The van der Waals surface area contributed by atoms with Crippen LogP contribution in [0, 0.1) is 0 Å². The van der Waals surface area contributed by atoms with Crippen LogP contribution >= 0.6 is 0 Å². The Morgan fingerprint density at radius 1 is 1.11 bits per heavy atom. The molecule has 1 amide bonds. The molecule has 10 nitrogen and oxygen atoms in total. The van der Waals surface area contributed by atoms with Gasteiger partial charge < -0.3 is 15.2 Å². The van der Waals surface area contributed by atoms with E-state index in [4.69, 9.17) is 0 Å². The van der Waals surface area contributed by atoms with E-state index >= 15 is 0 Å². The van der Waals surface area contributed by atoms with E-state index in [2.05, 4.69) is 20.6 Å². The minimum atomic E-state index is -4.97. The maximum absolute atomic E-state index is 13.8. The first kappa shape index (κ1) is 27.4. The van der Waals surface area contributed by atoms with Gasteiger partial charge in [-0.25, -0.2) is 18.4 Å². The maximum Gasteiger partial charge on any atom is 0.449 e. The van der Waals surface area contributed by atoms with Crippen molar-refractivity contribution >= 4 is 38.3 Å². The van der Waals surface area contributed by atoms with Crippen LogP contribution in [0.1, 0.15) is 47.8 Å². The van der Waals surface area contributed by atoms with Crippen molar-refractivity contribution in [2.75, 3.05) is 23.4 Å². The monoisotopic (exact) mass is 566 g/mol. The number of halogens is 6. The standard InChI is InChI=1S/C21H20F6N6O4S/c1-4-38(36,37)12-8-11-16(31-19(32(11)3)21(25,26)27)30-15(12)17(34)29-10-7-13(20(22,23)24)33(9-5-6-9)18(35)14(10)28-2/h7-9,28H,4-6H2,1-3H3,(H,29,34). The lowest BCUT2D eigenvalue weighted by Crippen LogP contribution is -2.31. The minimum Gasteiger partial charge on any atom is -0.382 e. The van der Waals surface area contributed by atoms with E-state index in [0.717, 1.165) is 13.1 Å². The van der Waals surface area contributed by atoms with Crippen molar-refractivity contribution in [3.05, 3.63) is 39.7 Å². The number of aromatic nitrogens is 4. The second-order valence-electron chi connectivity index (χ2n) is 8.50. The number of sulfone groups is 1. The van der Waals surface area contributed by atoms with Crippen molar-refractivity contribution in [1.82, 2.24) is 19.1 Å². The largest absolute Gasteiger partial charge is 0.449 e. The molecule has 1 aliphatic carbocycles. The fourth-order valence-electron chi connectivity index (χ4n) is 3.96. The zero-order valence-electron chi connectivity index (χ0n) is 20.0. The number of alkyl halides is 6. The van der Waals surface area contributed by atoms with Gasteiger partial charge in [-0.3, -0.25) is 14.2 Å². The summed E-state index contributed by atoms with van der Waals surface area (Å²) in [5.74, 6) is -3.35. The summed E-state index contributed by atoms with van der Waals surface area (Å²) in [6.07, 6.45) is -9.19. The third kappa shape index (κ3) is 4.69. The lowest BCUT2D eigenvalue weighted by atomic mass is 10.2. The van der Waals surface area contributed by atoms with Gasteiger partial charge >= 0.3 is 12.4 Å². The molecule has 0 aliphatic heterocycles. The van der Waals surface area contributed by atoms with Gasteiger partial charge in [0.1, 0.15) is 22.0 Å². The van der Waals surface area contributed by atoms with Gasteiger partial charge in [0.05, 0.1) is 17.0 Å². The van der Waals surface area contributed by atoms with Crippen LogP contribution in [0.3, 0.4) is 0 Å². The van der Waals surface area contributed by atoms with Crippen LogP contribution in [0.2, 0.25) is 0 Å². The number of carbonyl (C=O) groups is 1. The Balaban J connectivity index is 1.91. The Hall–Kier alpha value is -3.63. The van der Waals surface area contributed by atoms with Crippen LogP contribution in [0.5, 0.6) is 0 Å². The molecular formula is C21H20F6N6O4S. The van der Waals surface area contributed by atoms with Gasteiger partial charge in [0, 0.05) is 20.1 Å². The van der Waals surface area contributed by atoms with E-state index in [-0.39, 0.29) is 5.52 Å². The van der Waals surface area contributed by atoms with Crippen LogP contribution < -0.4 is 16.2 Å². The molecule has 0 saturated heterocycles. The third-order valence-electron chi connectivity index (χ3n) is 5.97. The Bertz CT molecular complexity index is 1620. The minimum absolute atomic E-state index is 0.344. The lowest BCUT2D eigenvalue weighted by Gasteiger charge is -2.20. The van der Waals surface area contributed by atoms with Gasteiger partial charge in [0.25, 0.3) is 11.5 Å². The molecule has 0 unspecified atom stereocenters. The first-order valence-corrected chi connectivity index (χ1v) is 12.7. The number of imidazole rings is 1. The highest BCUT2D eigenvalue weighted by atomic mass is 32.2. The quantitative estimate of drug-likeness (QED) is 0.437. The average molecular weight is 566 g/mol. The number of amides is 1. The summed E-state index contributed by atoms with van der Waals surface area (Å²) >= 11 is 0. The molecule has 3 aromatic rings. The van der Waals surface area contributed by atoms with Gasteiger partial charge in [-0.15, -0.1) is 0 Å². The number of pyridine rings is 2. The average Bonchev–Trinajstić information content (AvgIpc) is 3.59. The molecule has 0 atom stereocenters. The molecule has 0 radical (unpaired) electrons. The first-order valence-electron chi connectivity index (χ1n) is 11.0. The molecule has 3 heterocycles. The summed E-state index contributed by atoms with van der Waals surface area (Å²) in [5, 5.41) is 4.51. The molecule has 0 aromatic carbocycles. The summed E-state index contributed by atoms with van der Waals surface area (Å²) < 4.78 is 108. The first-order chi connectivity index (χ1) is 17.5. The highest BCUT2D eigenvalue weighted by Crippen LogP contribution is 2.41. The van der Waals surface area contributed by atoms with E-state index in [1.165, 1.54) is 14.0 Å².